The van der Waals surface area contributed by atoms with Gasteiger partial charge in [-0.1, -0.05) is 6.07 Å². The Labute approximate surface area is 265 Å². The van der Waals surface area contributed by atoms with Crippen LogP contribution in [0.3, 0.4) is 0 Å². The molecule has 45 heavy (non-hydrogen) atoms. The molecule has 0 aliphatic rings. The Hall–Kier alpha value is -4.11. The fourth-order valence-electron chi connectivity index (χ4n) is 3.23. The summed E-state index contributed by atoms with van der Waals surface area (Å²) in [4.78, 5) is 45.9. The molecule has 1 rings (SSSR count). The number of hydrogen-bond acceptors (Lipinski definition) is 11. The van der Waals surface area contributed by atoms with E-state index < -0.39 is 47.1 Å². The number of ether oxygens (including phenoxy) is 4. The van der Waals surface area contributed by atoms with Crippen LogP contribution in [0.4, 0.5) is 20.1 Å². The average Bonchev–Trinajstić information content (AvgIpc) is 2.75. The Bertz CT molecular complexity index is 1200. The van der Waals surface area contributed by atoms with Crippen molar-refractivity contribution in [3.05, 3.63) is 29.3 Å². The summed E-state index contributed by atoms with van der Waals surface area (Å²) in [5.74, 6) is -0.296. The lowest BCUT2D eigenvalue weighted by Crippen LogP contribution is -2.49. The van der Waals surface area contributed by atoms with Gasteiger partial charge in [-0.3, -0.25) is 16.0 Å². The van der Waals surface area contributed by atoms with E-state index in [9.17, 15) is 19.5 Å². The molecule has 1 atom stereocenters. The molecule has 7 N–H and O–H groups in total. The number of anilines is 1. The number of aliphatic hydroxyl groups excluding tert-OH is 1. The van der Waals surface area contributed by atoms with Crippen LogP contribution in [0.5, 0.6) is 0 Å². The van der Waals surface area contributed by atoms with Gasteiger partial charge >= 0.3 is 18.3 Å². The number of carbonyl (C=O) groups is 3. The molecular weight excluding hydrogens is 586 g/mol. The number of rotatable bonds is 6. The number of hydrogen-bond donors (Lipinski definition) is 6. The summed E-state index contributed by atoms with van der Waals surface area (Å²) in [6.07, 6.45) is -3.93. The summed E-state index contributed by atoms with van der Waals surface area (Å²) in [6.45, 7) is 20.6. The number of nitrogens with two attached hydrogens (primary N) is 1. The molecule has 1 unspecified atom stereocenters. The van der Waals surface area contributed by atoms with Gasteiger partial charge < -0.3 is 35.1 Å². The Morgan fingerprint density at radius 3 is 1.38 bits per heavy atom. The maximum atomic E-state index is 12.4. The SMILES string of the molecule is CC(C)(C)OC(=O)NC(=NCc1cc(N)cc(CN=C(NC(=O)OC(C)(C)C)NC(O)OC(C)(C)C)c1)NC(=O)OC(C)(C)C. The van der Waals surface area contributed by atoms with Gasteiger partial charge in [-0.05, 0) is 106 Å². The molecular formula is C30H51N7O8. The molecule has 0 heterocycles. The zero-order valence-electron chi connectivity index (χ0n) is 28.5. The highest BCUT2D eigenvalue weighted by atomic mass is 16.6. The normalized spacial score (nSPS) is 13.2. The molecule has 0 saturated carbocycles. The van der Waals surface area contributed by atoms with Crippen LogP contribution in [0.2, 0.25) is 0 Å². The molecule has 0 fully saturated rings. The summed E-state index contributed by atoms with van der Waals surface area (Å²) < 4.78 is 21.3. The lowest BCUT2D eigenvalue weighted by Gasteiger charge is -2.26. The van der Waals surface area contributed by atoms with Gasteiger partial charge in [0.2, 0.25) is 18.3 Å². The van der Waals surface area contributed by atoms with Crippen molar-refractivity contribution in [2.75, 3.05) is 5.73 Å². The molecule has 0 spiro atoms. The maximum Gasteiger partial charge on any atom is 0.414 e. The van der Waals surface area contributed by atoms with Crippen LogP contribution in [-0.4, -0.2) is 64.1 Å². The van der Waals surface area contributed by atoms with Crippen LogP contribution in [0, 0.1) is 0 Å². The van der Waals surface area contributed by atoms with Crippen LogP contribution in [-0.2, 0) is 32.0 Å². The molecule has 1 aromatic rings. The number of guanidine groups is 2. The van der Waals surface area contributed by atoms with E-state index in [1.807, 2.05) is 0 Å². The second kappa shape index (κ2) is 15.8. The van der Waals surface area contributed by atoms with Gasteiger partial charge in [-0.15, -0.1) is 0 Å². The number of nitrogens with one attached hydrogen (secondary N) is 4. The van der Waals surface area contributed by atoms with E-state index in [-0.39, 0.29) is 25.0 Å². The van der Waals surface area contributed by atoms with Crippen molar-refractivity contribution in [3.8, 4) is 0 Å². The summed E-state index contributed by atoms with van der Waals surface area (Å²) in [5, 5.41) is 20.3. The fraction of sp³-hybridized carbons (Fsp3) is 0.633. The second-order valence-corrected chi connectivity index (χ2v) is 14.0. The number of carbonyl (C=O) groups excluding carboxylic acids is 3. The maximum absolute atomic E-state index is 12.4. The van der Waals surface area contributed by atoms with Crippen molar-refractivity contribution in [1.82, 2.24) is 21.3 Å². The number of aliphatic hydroxyl groups is 1. The van der Waals surface area contributed by atoms with Crippen molar-refractivity contribution in [2.45, 2.75) is 125 Å². The van der Waals surface area contributed by atoms with Gasteiger partial charge in [0.1, 0.15) is 16.8 Å². The number of alkyl carbamates (subject to hydrolysis) is 3. The van der Waals surface area contributed by atoms with Gasteiger partial charge in [-0.25, -0.2) is 24.4 Å². The van der Waals surface area contributed by atoms with E-state index >= 15 is 0 Å². The van der Waals surface area contributed by atoms with Gasteiger partial charge in [0, 0.05) is 5.69 Å². The molecule has 0 bridgehead atoms. The second-order valence-electron chi connectivity index (χ2n) is 14.0. The van der Waals surface area contributed by atoms with E-state index in [4.69, 9.17) is 24.7 Å². The molecule has 15 heteroatoms. The number of benzene rings is 1. The van der Waals surface area contributed by atoms with Crippen molar-refractivity contribution in [1.29, 1.82) is 0 Å². The first-order valence-electron chi connectivity index (χ1n) is 14.4. The number of amides is 3. The molecule has 15 nitrogen and oxygen atoms in total. The van der Waals surface area contributed by atoms with Gasteiger partial charge in [0.15, 0.2) is 0 Å². The van der Waals surface area contributed by atoms with Crippen LogP contribution >= 0.6 is 0 Å². The highest BCUT2D eigenvalue weighted by Crippen LogP contribution is 2.15. The third kappa shape index (κ3) is 19.7. The minimum atomic E-state index is -1.49. The summed E-state index contributed by atoms with van der Waals surface area (Å²) >= 11 is 0. The summed E-state index contributed by atoms with van der Waals surface area (Å²) in [7, 11) is 0. The van der Waals surface area contributed by atoms with Crippen LogP contribution in [0.25, 0.3) is 0 Å². The quantitative estimate of drug-likeness (QED) is 0.0860. The van der Waals surface area contributed by atoms with Crippen molar-refractivity contribution < 1.29 is 38.4 Å². The Morgan fingerprint density at radius 1 is 0.667 bits per heavy atom. The molecule has 0 aliphatic carbocycles. The molecule has 3 amide bonds. The minimum absolute atomic E-state index is 0.0118. The largest absolute Gasteiger partial charge is 0.444 e. The van der Waals surface area contributed by atoms with Gasteiger partial charge in [0.25, 0.3) is 0 Å². The first kappa shape index (κ1) is 38.9. The Morgan fingerprint density at radius 2 is 1.02 bits per heavy atom. The third-order valence-electron chi connectivity index (χ3n) is 4.50. The lowest BCUT2D eigenvalue weighted by molar-refractivity contribution is -0.172. The predicted molar refractivity (Wildman–Crippen MR) is 171 cm³/mol. The molecule has 0 aliphatic heterocycles. The van der Waals surface area contributed by atoms with E-state index in [1.54, 1.807) is 101 Å². The molecule has 0 radical (unpaired) electrons. The standard InChI is InChI=1S/C30H51N7O8/c1-27(2,3)42-23(38)34-21(35-24(39)43-28(4,5)6)32-16-18-13-19(15-20(31)14-18)17-33-22(36-25(40)44-29(7,8)9)37-26(41)45-30(10,11)12/h13-15,23,38H,16-17,31H2,1-12H3,(H2,32,34,35,39)(H2,33,36,37,40,41). The number of nitrogens with zero attached hydrogens (tertiary/aromatic N) is 2. The zero-order valence-corrected chi connectivity index (χ0v) is 28.5. The van der Waals surface area contributed by atoms with Crippen molar-refractivity contribution in [2.24, 2.45) is 9.98 Å². The van der Waals surface area contributed by atoms with Crippen LogP contribution in [0.1, 0.15) is 94.2 Å². The van der Waals surface area contributed by atoms with Crippen molar-refractivity contribution in [3.63, 3.8) is 0 Å². The van der Waals surface area contributed by atoms with Crippen molar-refractivity contribution >= 4 is 35.9 Å². The van der Waals surface area contributed by atoms with Gasteiger partial charge in [-0.2, -0.15) is 0 Å². The lowest BCUT2D eigenvalue weighted by atomic mass is 10.1. The predicted octanol–water partition coefficient (Wildman–Crippen LogP) is 4.24. The van der Waals surface area contributed by atoms with Gasteiger partial charge in [0.05, 0.1) is 18.7 Å². The van der Waals surface area contributed by atoms with Crippen LogP contribution in [0.15, 0.2) is 28.2 Å². The molecule has 0 aromatic heterocycles. The fourth-order valence-corrected chi connectivity index (χ4v) is 3.23. The first-order valence-corrected chi connectivity index (χ1v) is 14.4. The highest BCUT2D eigenvalue weighted by molar-refractivity contribution is 6.01. The average molecular weight is 638 g/mol. The number of aliphatic imine (C=N–C) groups is 2. The zero-order chi connectivity index (χ0) is 34.8. The first-order chi connectivity index (χ1) is 20.3. The van der Waals surface area contributed by atoms with Crippen LogP contribution < -0.4 is 27.0 Å². The Balaban J connectivity index is 3.25. The summed E-state index contributed by atoms with van der Waals surface area (Å²) in [6, 6.07) is 5.08. The van der Waals surface area contributed by atoms with E-state index in [0.717, 1.165) is 0 Å². The molecule has 1 aromatic carbocycles. The topological polar surface area (TPSA) is 207 Å². The monoisotopic (exact) mass is 637 g/mol. The minimum Gasteiger partial charge on any atom is -0.444 e. The molecule has 0 saturated heterocycles. The third-order valence-corrected chi connectivity index (χ3v) is 4.50. The number of nitrogen functional groups attached to an aromatic ring is 1. The smallest absolute Gasteiger partial charge is 0.414 e. The highest BCUT2D eigenvalue weighted by Gasteiger charge is 2.23. The van der Waals surface area contributed by atoms with E-state index in [0.29, 0.717) is 16.8 Å². The molecule has 254 valence electrons. The summed E-state index contributed by atoms with van der Waals surface area (Å²) in [5.41, 5.74) is 4.72. The van der Waals surface area contributed by atoms with E-state index in [2.05, 4.69) is 31.3 Å². The van der Waals surface area contributed by atoms with E-state index in [1.165, 1.54) is 0 Å². The Kier molecular flexibility index (Phi) is 13.6.